The Morgan fingerprint density at radius 3 is 2.82 bits per heavy atom. The van der Waals surface area contributed by atoms with Gasteiger partial charge in [-0.1, -0.05) is 22.0 Å². The molecule has 3 atom stereocenters. The van der Waals surface area contributed by atoms with Gasteiger partial charge in [0.15, 0.2) is 10.8 Å². The van der Waals surface area contributed by atoms with Gasteiger partial charge in [0.05, 0.1) is 18.7 Å². The van der Waals surface area contributed by atoms with Gasteiger partial charge in [0.25, 0.3) is 0 Å². The first-order valence-electron chi connectivity index (χ1n) is 12.0. The summed E-state index contributed by atoms with van der Waals surface area (Å²) in [5, 5.41) is 14.7. The highest BCUT2D eigenvalue weighted by atomic mass is 79.9. The Balaban J connectivity index is 1.68. The lowest BCUT2D eigenvalue weighted by Gasteiger charge is -2.29. The van der Waals surface area contributed by atoms with Crippen molar-refractivity contribution in [3.63, 3.8) is 0 Å². The fraction of sp³-hybridized carbons (Fsp3) is 0.440. The third-order valence-electron chi connectivity index (χ3n) is 6.28. The average Bonchev–Trinajstić information content (AvgIpc) is 3.48. The number of hydrogen-bond acceptors (Lipinski definition) is 9. The number of nitrogens with one attached hydrogen (secondary N) is 1. The van der Waals surface area contributed by atoms with Crippen LogP contribution >= 0.6 is 27.3 Å². The van der Waals surface area contributed by atoms with Gasteiger partial charge in [-0.2, -0.15) is 0 Å². The predicted octanol–water partition coefficient (Wildman–Crippen LogP) is 3.24. The molecule has 38 heavy (non-hydrogen) atoms. The highest BCUT2D eigenvalue weighted by Gasteiger charge is 2.38. The number of hydrogen-bond donors (Lipinski definition) is 2. The molecule has 2 aromatic rings. The predicted molar refractivity (Wildman–Crippen MR) is 142 cm³/mol. The topological polar surface area (TPSA) is 107 Å². The van der Waals surface area contributed by atoms with Crippen LogP contribution in [-0.2, 0) is 14.3 Å². The number of thiazole rings is 1. The summed E-state index contributed by atoms with van der Waals surface area (Å²) >= 11 is 4.78. The van der Waals surface area contributed by atoms with Crippen LogP contribution < -0.4 is 5.32 Å². The molecule has 1 fully saturated rings. The van der Waals surface area contributed by atoms with Gasteiger partial charge in [0.2, 0.25) is 0 Å². The molecule has 0 radical (unpaired) electrons. The number of carbonyl (C=O) groups excluding carboxylic acids is 1. The van der Waals surface area contributed by atoms with Crippen molar-refractivity contribution in [2.24, 2.45) is 10.9 Å². The number of ether oxygens (including phenoxy) is 1. The van der Waals surface area contributed by atoms with Crippen LogP contribution in [0, 0.1) is 11.7 Å². The molecule has 2 unspecified atom stereocenters. The number of alkyl halides is 1. The molecule has 13 heteroatoms. The van der Waals surface area contributed by atoms with Gasteiger partial charge >= 0.3 is 11.9 Å². The lowest BCUT2D eigenvalue weighted by Crippen LogP contribution is -2.39. The molecule has 9 nitrogen and oxygen atoms in total. The number of likely N-dealkylation sites (N-methyl/N-ethyl adjacent to an activating group) is 1. The molecule has 2 aliphatic heterocycles. The summed E-state index contributed by atoms with van der Waals surface area (Å²) in [6, 6.07) is 3.36. The second-order valence-electron chi connectivity index (χ2n) is 9.18. The number of carboxylic acid groups (broad SMARTS) is 1. The summed E-state index contributed by atoms with van der Waals surface area (Å²) in [4.78, 5) is 36.9. The first-order valence-corrected chi connectivity index (χ1v) is 13.7. The minimum atomic E-state index is -1.16. The standard InChI is InChI=1S/C25H28BrF2N5O4S/c1-3-37-25(36)21-19(12-33-10-14(18(28)11-33)9-32(2)13-20(34)35)30-23(24-29-6-7-38-24)31-22(21)16-5-4-15(27)8-17(16)26/h4-8,14,18,22H,3,9-13H2,1-2H3,(H,30,31)(H,34,35)/t14?,18?,22-/m0/s1. The minimum Gasteiger partial charge on any atom is -0.480 e. The van der Waals surface area contributed by atoms with Gasteiger partial charge in [-0.3, -0.25) is 19.6 Å². The van der Waals surface area contributed by atoms with Crippen LogP contribution in [0.4, 0.5) is 8.78 Å². The van der Waals surface area contributed by atoms with Crippen molar-refractivity contribution in [2.75, 3.05) is 46.4 Å². The molecule has 2 aliphatic rings. The zero-order valence-corrected chi connectivity index (χ0v) is 23.3. The van der Waals surface area contributed by atoms with Crippen LogP contribution in [0.3, 0.4) is 0 Å². The van der Waals surface area contributed by atoms with E-state index in [1.807, 2.05) is 4.90 Å². The van der Waals surface area contributed by atoms with E-state index in [0.29, 0.717) is 33.1 Å². The van der Waals surface area contributed by atoms with E-state index in [1.165, 1.54) is 23.5 Å². The van der Waals surface area contributed by atoms with Crippen LogP contribution in [0.15, 0.2) is 50.5 Å². The lowest BCUT2D eigenvalue weighted by molar-refractivity contribution is -0.139. The summed E-state index contributed by atoms with van der Waals surface area (Å²) in [7, 11) is 1.65. The van der Waals surface area contributed by atoms with Gasteiger partial charge in [-0.25, -0.2) is 18.6 Å². The SMILES string of the molecule is CCOC(=O)C1=C(CN2CC(F)C(CN(C)CC(=O)O)C2)NC(c2nccs2)=N[C@H]1c1ccc(F)cc1Br. The summed E-state index contributed by atoms with van der Waals surface area (Å²) in [6.45, 7) is 2.66. The normalized spacial score (nSPS) is 21.9. The van der Waals surface area contributed by atoms with Crippen molar-refractivity contribution in [1.82, 2.24) is 20.1 Å². The molecule has 2 N–H and O–H groups in total. The number of aliphatic carboxylic acids is 1. The maximum atomic E-state index is 15.0. The van der Waals surface area contributed by atoms with Crippen molar-refractivity contribution < 1.29 is 28.2 Å². The molecule has 1 saturated heterocycles. The average molecular weight is 612 g/mol. The number of carboxylic acids is 1. The third kappa shape index (κ3) is 6.63. The summed E-state index contributed by atoms with van der Waals surface area (Å²) < 4.78 is 34.7. The fourth-order valence-electron chi connectivity index (χ4n) is 4.70. The quantitative estimate of drug-likeness (QED) is 0.394. The summed E-state index contributed by atoms with van der Waals surface area (Å²) in [6.07, 6.45) is 0.486. The van der Waals surface area contributed by atoms with Crippen LogP contribution in [0.5, 0.6) is 0 Å². The number of esters is 1. The molecule has 0 aliphatic carbocycles. The maximum absolute atomic E-state index is 15.0. The van der Waals surface area contributed by atoms with E-state index in [0.717, 1.165) is 0 Å². The van der Waals surface area contributed by atoms with Crippen molar-refractivity contribution in [3.8, 4) is 0 Å². The van der Waals surface area contributed by atoms with Gasteiger partial charge in [-0.15, -0.1) is 11.3 Å². The Morgan fingerprint density at radius 2 is 2.16 bits per heavy atom. The Hall–Kier alpha value is -2.74. The molecular formula is C25H28BrF2N5O4S. The zero-order valence-electron chi connectivity index (χ0n) is 20.9. The number of amidine groups is 1. The number of benzene rings is 1. The Morgan fingerprint density at radius 1 is 1.37 bits per heavy atom. The lowest BCUT2D eigenvalue weighted by atomic mass is 9.95. The van der Waals surface area contributed by atoms with Crippen molar-refractivity contribution in [3.05, 3.63) is 61.9 Å². The molecule has 3 heterocycles. The molecule has 1 aromatic heterocycles. The number of nitrogens with zero attached hydrogens (tertiary/aromatic N) is 4. The first-order chi connectivity index (χ1) is 18.2. The van der Waals surface area contributed by atoms with Gasteiger partial charge in [0.1, 0.15) is 18.0 Å². The van der Waals surface area contributed by atoms with Gasteiger partial charge in [-0.05, 0) is 31.7 Å². The molecule has 0 amide bonds. The molecule has 204 valence electrons. The first kappa shape index (κ1) is 28.3. The van der Waals surface area contributed by atoms with E-state index in [1.54, 1.807) is 36.5 Å². The number of aromatic nitrogens is 1. The van der Waals surface area contributed by atoms with Crippen molar-refractivity contribution in [1.29, 1.82) is 0 Å². The number of aliphatic imine (C=N–C) groups is 1. The summed E-state index contributed by atoms with van der Waals surface area (Å²) in [5.74, 6) is -1.93. The van der Waals surface area contributed by atoms with Crippen LogP contribution in [-0.4, -0.2) is 90.2 Å². The molecule has 4 rings (SSSR count). The van der Waals surface area contributed by atoms with Crippen LogP contribution in [0.2, 0.25) is 0 Å². The molecule has 0 bridgehead atoms. The second kappa shape index (κ2) is 12.4. The smallest absolute Gasteiger partial charge is 0.338 e. The highest BCUT2D eigenvalue weighted by Crippen LogP contribution is 2.37. The zero-order chi connectivity index (χ0) is 27.4. The van der Waals surface area contributed by atoms with Crippen molar-refractivity contribution >= 4 is 45.0 Å². The number of rotatable bonds is 10. The fourth-order valence-corrected chi connectivity index (χ4v) is 5.86. The molecule has 0 saturated carbocycles. The monoisotopic (exact) mass is 611 g/mol. The van der Waals surface area contributed by atoms with Gasteiger partial charge in [0, 0.05) is 53.8 Å². The number of likely N-dealkylation sites (tertiary alicyclic amines) is 1. The number of carbonyl (C=O) groups is 2. The van der Waals surface area contributed by atoms with Crippen LogP contribution in [0.25, 0.3) is 0 Å². The van der Waals surface area contributed by atoms with E-state index >= 15 is 0 Å². The number of halogens is 3. The minimum absolute atomic E-state index is 0.126. The second-order valence-corrected chi connectivity index (χ2v) is 10.9. The van der Waals surface area contributed by atoms with E-state index < -0.39 is 30.0 Å². The van der Waals surface area contributed by atoms with E-state index in [2.05, 4.69) is 26.2 Å². The van der Waals surface area contributed by atoms with E-state index in [-0.39, 0.29) is 44.3 Å². The maximum Gasteiger partial charge on any atom is 0.338 e. The van der Waals surface area contributed by atoms with Gasteiger partial charge < -0.3 is 15.2 Å². The van der Waals surface area contributed by atoms with E-state index in [4.69, 9.17) is 14.8 Å². The van der Waals surface area contributed by atoms with Crippen molar-refractivity contribution in [2.45, 2.75) is 19.1 Å². The Bertz CT molecular complexity index is 1240. The molecule has 1 aromatic carbocycles. The molecule has 0 spiro atoms. The molecular weight excluding hydrogens is 584 g/mol. The summed E-state index contributed by atoms with van der Waals surface area (Å²) in [5.41, 5.74) is 1.32. The highest BCUT2D eigenvalue weighted by molar-refractivity contribution is 9.10. The Kier molecular flexibility index (Phi) is 9.23. The van der Waals surface area contributed by atoms with Crippen LogP contribution in [0.1, 0.15) is 23.5 Å². The Labute approximate surface area is 231 Å². The van der Waals surface area contributed by atoms with E-state index in [9.17, 15) is 18.4 Å². The third-order valence-corrected chi connectivity index (χ3v) is 7.75. The largest absolute Gasteiger partial charge is 0.480 e.